The van der Waals surface area contributed by atoms with E-state index in [0.29, 0.717) is 18.8 Å². The Morgan fingerprint density at radius 3 is 2.28 bits per heavy atom. The fourth-order valence-electron chi connectivity index (χ4n) is 2.84. The zero-order chi connectivity index (χ0) is 13.3. The first kappa shape index (κ1) is 13.1. The number of rotatable bonds is 3. The number of aromatic amines is 2. The molecule has 0 amide bonds. The maximum Gasteiger partial charge on any atom is 0.345 e. The summed E-state index contributed by atoms with van der Waals surface area (Å²) < 4.78 is 1.15. The molecule has 100 valence electrons. The number of hydrogen-bond donors (Lipinski definition) is 3. The lowest BCUT2D eigenvalue weighted by Gasteiger charge is -2.38. The van der Waals surface area contributed by atoms with Gasteiger partial charge >= 0.3 is 11.4 Å². The number of hydrogen-bond acceptors (Lipinski definition) is 3. The van der Waals surface area contributed by atoms with Crippen molar-refractivity contribution in [3.05, 3.63) is 21.0 Å². The highest BCUT2D eigenvalue weighted by Gasteiger charge is 2.41. The average Bonchev–Trinajstić information content (AvgIpc) is 2.69. The smallest absolute Gasteiger partial charge is 0.345 e. The number of H-pyrrole nitrogens is 2. The van der Waals surface area contributed by atoms with E-state index in [2.05, 4.69) is 17.1 Å². The summed E-state index contributed by atoms with van der Waals surface area (Å²) in [5.41, 5.74) is 4.08. The second-order valence-corrected chi connectivity index (χ2v) is 5.38. The fourth-order valence-corrected chi connectivity index (χ4v) is 3.14. The number of aromatic nitrogens is 3. The van der Waals surface area contributed by atoms with E-state index in [-0.39, 0.29) is 4.99 Å². The van der Waals surface area contributed by atoms with Crippen molar-refractivity contribution in [2.24, 2.45) is 11.7 Å². The van der Waals surface area contributed by atoms with Gasteiger partial charge < -0.3 is 5.73 Å². The molecule has 2 rings (SSSR count). The molecule has 0 aliphatic heterocycles. The van der Waals surface area contributed by atoms with E-state index in [1.54, 1.807) is 0 Å². The molecule has 1 aromatic rings. The first-order valence-corrected chi connectivity index (χ1v) is 6.62. The first-order valence-electron chi connectivity index (χ1n) is 6.21. The number of nitrogens with one attached hydrogen (secondary N) is 2. The first-order chi connectivity index (χ1) is 8.51. The summed E-state index contributed by atoms with van der Waals surface area (Å²) in [5, 5.41) is 4.59. The monoisotopic (exact) mass is 270 g/mol. The second kappa shape index (κ2) is 4.72. The predicted molar refractivity (Wildman–Crippen MR) is 72.7 cm³/mol. The van der Waals surface area contributed by atoms with Crippen LogP contribution >= 0.6 is 12.2 Å². The molecular weight excluding hydrogens is 252 g/mol. The summed E-state index contributed by atoms with van der Waals surface area (Å²) in [5.74, 6) is 0.626. The van der Waals surface area contributed by atoms with Crippen molar-refractivity contribution < 1.29 is 0 Å². The molecule has 0 bridgehead atoms. The van der Waals surface area contributed by atoms with E-state index >= 15 is 0 Å². The van der Waals surface area contributed by atoms with Crippen LogP contribution in [-0.2, 0) is 5.54 Å². The molecule has 1 aliphatic carbocycles. The lowest BCUT2D eigenvalue weighted by atomic mass is 9.75. The molecule has 1 saturated carbocycles. The third kappa shape index (κ3) is 1.92. The Morgan fingerprint density at radius 1 is 1.39 bits per heavy atom. The van der Waals surface area contributed by atoms with Crippen LogP contribution < -0.4 is 17.1 Å². The van der Waals surface area contributed by atoms with Crippen molar-refractivity contribution in [3.63, 3.8) is 0 Å². The second-order valence-electron chi connectivity index (χ2n) is 4.94. The topological polar surface area (TPSA) is 96.7 Å². The van der Waals surface area contributed by atoms with Crippen molar-refractivity contribution in [3.8, 4) is 0 Å². The molecule has 1 heterocycles. The molecule has 0 aromatic carbocycles. The molecule has 18 heavy (non-hydrogen) atoms. The van der Waals surface area contributed by atoms with Gasteiger partial charge in [-0.05, 0) is 31.6 Å². The van der Waals surface area contributed by atoms with Crippen LogP contribution in [0.15, 0.2) is 9.59 Å². The van der Waals surface area contributed by atoms with Crippen molar-refractivity contribution in [1.29, 1.82) is 0 Å². The van der Waals surface area contributed by atoms with Crippen LogP contribution in [0.1, 0.15) is 39.0 Å². The maximum absolute atomic E-state index is 11.8. The van der Waals surface area contributed by atoms with Gasteiger partial charge in [-0.15, -0.1) is 0 Å². The van der Waals surface area contributed by atoms with E-state index in [9.17, 15) is 9.59 Å². The quantitative estimate of drug-likeness (QED) is 0.695. The minimum Gasteiger partial charge on any atom is -0.391 e. The Morgan fingerprint density at radius 2 is 1.89 bits per heavy atom. The number of nitrogens with two attached hydrogens (primary N) is 1. The normalized spacial score (nSPS) is 28.2. The minimum atomic E-state index is -0.800. The lowest BCUT2D eigenvalue weighted by Crippen LogP contribution is -2.55. The van der Waals surface area contributed by atoms with Gasteiger partial charge in [0.1, 0.15) is 5.54 Å². The van der Waals surface area contributed by atoms with E-state index in [0.717, 1.165) is 23.8 Å². The summed E-state index contributed by atoms with van der Waals surface area (Å²) >= 11 is 5.12. The van der Waals surface area contributed by atoms with Gasteiger partial charge in [-0.3, -0.25) is 0 Å². The lowest BCUT2D eigenvalue weighted by molar-refractivity contribution is 0.213. The summed E-state index contributed by atoms with van der Waals surface area (Å²) in [7, 11) is 0. The van der Waals surface area contributed by atoms with Crippen LogP contribution in [0.25, 0.3) is 0 Å². The van der Waals surface area contributed by atoms with Gasteiger partial charge in [0, 0.05) is 0 Å². The van der Waals surface area contributed by atoms with Crippen LogP contribution in [0.2, 0.25) is 0 Å². The molecule has 0 saturated heterocycles. The maximum atomic E-state index is 11.8. The number of thiocarbonyl (C=S) groups is 1. The average molecular weight is 270 g/mol. The Kier molecular flexibility index (Phi) is 3.43. The fraction of sp³-hybridized carbons (Fsp3) is 0.727. The SMILES string of the molecule is CCC1CCC(C(N)=S)(n2c(=O)[nH][nH]c2=O)CC1. The summed E-state index contributed by atoms with van der Waals surface area (Å²) in [6.07, 6.45) is 4.28. The summed E-state index contributed by atoms with van der Waals surface area (Å²) in [6, 6.07) is 0. The van der Waals surface area contributed by atoms with Crippen molar-refractivity contribution >= 4 is 17.2 Å². The van der Waals surface area contributed by atoms with Crippen LogP contribution in [0.5, 0.6) is 0 Å². The number of nitrogens with zero attached hydrogens (tertiary/aromatic N) is 1. The van der Waals surface area contributed by atoms with E-state index in [4.69, 9.17) is 18.0 Å². The third-order valence-electron chi connectivity index (χ3n) is 4.08. The van der Waals surface area contributed by atoms with Crippen LogP contribution in [0, 0.1) is 5.92 Å². The van der Waals surface area contributed by atoms with Gasteiger partial charge in [-0.2, -0.15) is 0 Å². The zero-order valence-corrected chi connectivity index (χ0v) is 11.2. The molecule has 1 aromatic heterocycles. The largest absolute Gasteiger partial charge is 0.391 e. The molecule has 1 fully saturated rings. The Bertz CT molecular complexity index is 520. The Hall–Kier alpha value is -1.37. The molecule has 0 radical (unpaired) electrons. The molecular formula is C11H18N4O2S. The molecule has 0 spiro atoms. The third-order valence-corrected chi connectivity index (χ3v) is 4.46. The van der Waals surface area contributed by atoms with Crippen molar-refractivity contribution in [1.82, 2.24) is 14.8 Å². The van der Waals surface area contributed by atoms with Gasteiger partial charge in [0.05, 0.1) is 4.99 Å². The van der Waals surface area contributed by atoms with Crippen LogP contribution in [0.4, 0.5) is 0 Å². The molecule has 4 N–H and O–H groups in total. The minimum absolute atomic E-state index is 0.226. The van der Waals surface area contributed by atoms with E-state index in [1.807, 2.05) is 0 Å². The molecule has 0 atom stereocenters. The predicted octanol–water partition coefficient (Wildman–Crippen LogP) is 0.446. The van der Waals surface area contributed by atoms with Gasteiger partial charge in [0.15, 0.2) is 0 Å². The summed E-state index contributed by atoms with van der Waals surface area (Å²) in [6.45, 7) is 2.15. The van der Waals surface area contributed by atoms with Gasteiger partial charge in [0.2, 0.25) is 0 Å². The highest BCUT2D eigenvalue weighted by Crippen LogP contribution is 2.37. The summed E-state index contributed by atoms with van der Waals surface area (Å²) in [4.78, 5) is 23.7. The van der Waals surface area contributed by atoms with Gasteiger partial charge in [-0.1, -0.05) is 25.6 Å². The van der Waals surface area contributed by atoms with Gasteiger partial charge in [-0.25, -0.2) is 24.4 Å². The van der Waals surface area contributed by atoms with E-state index in [1.165, 1.54) is 0 Å². The molecule has 0 unspecified atom stereocenters. The van der Waals surface area contributed by atoms with Crippen LogP contribution in [0.3, 0.4) is 0 Å². The van der Waals surface area contributed by atoms with Crippen LogP contribution in [-0.4, -0.2) is 19.8 Å². The van der Waals surface area contributed by atoms with Crippen molar-refractivity contribution in [2.75, 3.05) is 0 Å². The highest BCUT2D eigenvalue weighted by atomic mass is 32.1. The van der Waals surface area contributed by atoms with E-state index < -0.39 is 16.9 Å². The van der Waals surface area contributed by atoms with Gasteiger partial charge in [0.25, 0.3) is 0 Å². The molecule has 7 heteroatoms. The zero-order valence-electron chi connectivity index (χ0n) is 10.4. The Labute approximate surface area is 110 Å². The Balaban J connectivity index is 2.45. The molecule has 1 aliphatic rings. The van der Waals surface area contributed by atoms with Crippen molar-refractivity contribution in [2.45, 2.75) is 44.6 Å². The molecule has 6 nitrogen and oxygen atoms in total. The highest BCUT2D eigenvalue weighted by molar-refractivity contribution is 7.80. The standard InChI is InChI=1S/C11H18N4O2S/c1-2-7-3-5-11(6-4-7,8(12)18)15-9(16)13-14-10(15)17/h7H,2-6H2,1H3,(H2,12,18)(H,13,16)(H,14,17).